The lowest BCUT2D eigenvalue weighted by molar-refractivity contribution is 0.0462. The van der Waals surface area contributed by atoms with Gasteiger partial charge in [-0.05, 0) is 36.5 Å². The summed E-state index contributed by atoms with van der Waals surface area (Å²) in [5.74, 6) is 0.159. The molecule has 1 aromatic carbocycles. The van der Waals surface area contributed by atoms with Crippen LogP contribution in [0.1, 0.15) is 34.9 Å². The molecule has 23 heavy (non-hydrogen) atoms. The molecule has 4 nitrogen and oxygen atoms in total. The lowest BCUT2D eigenvalue weighted by Crippen LogP contribution is -2.39. The highest BCUT2D eigenvalue weighted by Gasteiger charge is 2.28. The number of halogens is 1. The molecule has 1 saturated heterocycles. The van der Waals surface area contributed by atoms with Gasteiger partial charge >= 0.3 is 0 Å². The molecule has 0 radical (unpaired) electrons. The Kier molecular flexibility index (Phi) is 4.94. The van der Waals surface area contributed by atoms with Crippen molar-refractivity contribution in [2.45, 2.75) is 18.9 Å². The molecule has 3 rings (SSSR count). The first kappa shape index (κ1) is 16.0. The Morgan fingerprint density at radius 1 is 1.17 bits per heavy atom. The Hall–Kier alpha value is -1.91. The van der Waals surface area contributed by atoms with Crippen LogP contribution >= 0.6 is 11.6 Å². The standard InChI is InChI=1S/C18H19ClN2O2/c19-16-7-6-15(12-20-16)18(23)21-10-8-14(9-11-21)17(22)13-4-2-1-3-5-13/h1-7,12,14,17,22H,8-11H2. The maximum absolute atomic E-state index is 12.4. The predicted octanol–water partition coefficient (Wildman–Crippen LogP) is 3.32. The van der Waals surface area contributed by atoms with E-state index in [9.17, 15) is 9.90 Å². The van der Waals surface area contributed by atoms with Gasteiger partial charge in [0.1, 0.15) is 5.15 Å². The van der Waals surface area contributed by atoms with Gasteiger partial charge in [-0.25, -0.2) is 4.98 Å². The van der Waals surface area contributed by atoms with Gasteiger partial charge in [0, 0.05) is 19.3 Å². The van der Waals surface area contributed by atoms with Gasteiger partial charge in [0.2, 0.25) is 0 Å². The summed E-state index contributed by atoms with van der Waals surface area (Å²) in [5.41, 5.74) is 1.50. The average molecular weight is 331 g/mol. The zero-order chi connectivity index (χ0) is 16.2. The van der Waals surface area contributed by atoms with Crippen molar-refractivity contribution in [3.8, 4) is 0 Å². The minimum absolute atomic E-state index is 0.0261. The third kappa shape index (κ3) is 3.71. The fraction of sp³-hybridized carbons (Fsp3) is 0.333. The first-order chi connectivity index (χ1) is 11.1. The molecule has 0 bridgehead atoms. The van der Waals surface area contributed by atoms with Crippen LogP contribution in [0, 0.1) is 5.92 Å². The van der Waals surface area contributed by atoms with E-state index < -0.39 is 6.10 Å². The largest absolute Gasteiger partial charge is 0.388 e. The molecular formula is C18H19ClN2O2. The third-order valence-corrected chi connectivity index (χ3v) is 4.61. The van der Waals surface area contributed by atoms with E-state index in [2.05, 4.69) is 4.98 Å². The number of likely N-dealkylation sites (tertiary alicyclic amines) is 1. The van der Waals surface area contributed by atoms with Crippen LogP contribution in [0.3, 0.4) is 0 Å². The minimum Gasteiger partial charge on any atom is -0.388 e. The molecule has 1 aliphatic heterocycles. The first-order valence-corrected chi connectivity index (χ1v) is 8.17. The molecule has 1 amide bonds. The van der Waals surface area contributed by atoms with E-state index >= 15 is 0 Å². The molecule has 0 aliphatic carbocycles. The van der Waals surface area contributed by atoms with Crippen molar-refractivity contribution in [3.63, 3.8) is 0 Å². The number of benzene rings is 1. The van der Waals surface area contributed by atoms with Gasteiger partial charge in [-0.3, -0.25) is 4.79 Å². The molecular weight excluding hydrogens is 312 g/mol. The summed E-state index contributed by atoms with van der Waals surface area (Å²) in [4.78, 5) is 18.2. The Balaban J connectivity index is 1.60. The highest BCUT2D eigenvalue weighted by atomic mass is 35.5. The fourth-order valence-electron chi connectivity index (χ4n) is 3.03. The van der Waals surface area contributed by atoms with E-state index in [0.717, 1.165) is 18.4 Å². The summed E-state index contributed by atoms with van der Waals surface area (Å²) in [7, 11) is 0. The fourth-order valence-corrected chi connectivity index (χ4v) is 3.14. The molecule has 1 fully saturated rings. The lowest BCUT2D eigenvalue weighted by Gasteiger charge is -2.34. The quantitative estimate of drug-likeness (QED) is 0.878. The minimum atomic E-state index is -0.467. The summed E-state index contributed by atoms with van der Waals surface area (Å²) >= 11 is 5.75. The monoisotopic (exact) mass is 330 g/mol. The molecule has 0 saturated carbocycles. The Morgan fingerprint density at radius 3 is 2.48 bits per heavy atom. The van der Waals surface area contributed by atoms with Gasteiger partial charge in [0.25, 0.3) is 5.91 Å². The molecule has 2 aromatic rings. The molecule has 0 spiro atoms. The first-order valence-electron chi connectivity index (χ1n) is 7.79. The van der Waals surface area contributed by atoms with Crippen LogP contribution in [0.15, 0.2) is 48.7 Å². The Bertz CT molecular complexity index is 652. The number of rotatable bonds is 3. The van der Waals surface area contributed by atoms with E-state index in [-0.39, 0.29) is 11.8 Å². The zero-order valence-corrected chi connectivity index (χ0v) is 13.5. The molecule has 1 N–H and O–H groups in total. The normalized spacial score (nSPS) is 17.0. The Morgan fingerprint density at radius 2 is 1.87 bits per heavy atom. The zero-order valence-electron chi connectivity index (χ0n) is 12.7. The molecule has 1 atom stereocenters. The van der Waals surface area contributed by atoms with Crippen LogP contribution in [0.5, 0.6) is 0 Å². The van der Waals surface area contributed by atoms with Gasteiger partial charge in [0.05, 0.1) is 11.7 Å². The lowest BCUT2D eigenvalue weighted by atomic mass is 9.87. The number of hydrogen-bond donors (Lipinski definition) is 1. The van der Waals surface area contributed by atoms with Crippen LogP contribution in [0.25, 0.3) is 0 Å². The van der Waals surface area contributed by atoms with E-state index in [4.69, 9.17) is 11.6 Å². The second-order valence-electron chi connectivity index (χ2n) is 5.85. The van der Waals surface area contributed by atoms with Crippen molar-refractivity contribution < 1.29 is 9.90 Å². The van der Waals surface area contributed by atoms with Gasteiger partial charge < -0.3 is 10.0 Å². The van der Waals surface area contributed by atoms with Crippen molar-refractivity contribution in [2.75, 3.05) is 13.1 Å². The predicted molar refractivity (Wildman–Crippen MR) is 89.3 cm³/mol. The van der Waals surface area contributed by atoms with Crippen LogP contribution in [-0.2, 0) is 0 Å². The summed E-state index contributed by atoms with van der Waals surface area (Å²) in [6.07, 6.45) is 2.63. The molecule has 5 heteroatoms. The highest BCUT2D eigenvalue weighted by molar-refractivity contribution is 6.29. The summed E-state index contributed by atoms with van der Waals surface area (Å²) < 4.78 is 0. The molecule has 120 valence electrons. The van der Waals surface area contributed by atoms with Gasteiger partial charge in [-0.15, -0.1) is 0 Å². The number of pyridine rings is 1. The van der Waals surface area contributed by atoms with E-state index in [1.165, 1.54) is 6.20 Å². The van der Waals surface area contributed by atoms with Gasteiger partial charge in [-0.1, -0.05) is 41.9 Å². The molecule has 1 aromatic heterocycles. The molecule has 1 aliphatic rings. The van der Waals surface area contributed by atoms with Crippen molar-refractivity contribution in [1.82, 2.24) is 9.88 Å². The number of carbonyl (C=O) groups is 1. The maximum Gasteiger partial charge on any atom is 0.255 e. The number of amides is 1. The van der Waals surface area contributed by atoms with Crippen LogP contribution in [0.2, 0.25) is 5.15 Å². The van der Waals surface area contributed by atoms with Gasteiger partial charge in [-0.2, -0.15) is 0 Å². The van der Waals surface area contributed by atoms with Crippen molar-refractivity contribution in [3.05, 3.63) is 64.9 Å². The molecule has 1 unspecified atom stereocenters. The average Bonchev–Trinajstić information content (AvgIpc) is 2.62. The smallest absolute Gasteiger partial charge is 0.255 e. The van der Waals surface area contributed by atoms with Crippen LogP contribution in [-0.4, -0.2) is 34.0 Å². The topological polar surface area (TPSA) is 53.4 Å². The van der Waals surface area contributed by atoms with E-state index in [1.54, 1.807) is 12.1 Å². The number of aromatic nitrogens is 1. The summed E-state index contributed by atoms with van der Waals surface area (Å²) in [5, 5.41) is 10.9. The Labute approximate surface area is 140 Å². The molecule has 2 heterocycles. The van der Waals surface area contributed by atoms with E-state index in [0.29, 0.717) is 23.8 Å². The number of aliphatic hydroxyl groups excluding tert-OH is 1. The number of aliphatic hydroxyl groups is 1. The second kappa shape index (κ2) is 7.11. The maximum atomic E-state index is 12.4. The third-order valence-electron chi connectivity index (χ3n) is 4.39. The summed E-state index contributed by atoms with van der Waals surface area (Å²) in [6.45, 7) is 1.30. The number of hydrogen-bond acceptors (Lipinski definition) is 3. The highest BCUT2D eigenvalue weighted by Crippen LogP contribution is 2.31. The van der Waals surface area contributed by atoms with Crippen LogP contribution in [0.4, 0.5) is 0 Å². The SMILES string of the molecule is O=C(c1ccc(Cl)nc1)N1CCC(C(O)c2ccccc2)CC1. The number of piperidine rings is 1. The van der Waals surface area contributed by atoms with Crippen molar-refractivity contribution in [2.24, 2.45) is 5.92 Å². The summed E-state index contributed by atoms with van der Waals surface area (Å²) in [6, 6.07) is 13.0. The number of nitrogens with zero attached hydrogens (tertiary/aromatic N) is 2. The van der Waals surface area contributed by atoms with Crippen LogP contribution < -0.4 is 0 Å². The van der Waals surface area contributed by atoms with Crippen molar-refractivity contribution >= 4 is 17.5 Å². The van der Waals surface area contributed by atoms with E-state index in [1.807, 2.05) is 35.2 Å². The number of carbonyl (C=O) groups excluding carboxylic acids is 1. The second-order valence-corrected chi connectivity index (χ2v) is 6.24. The van der Waals surface area contributed by atoms with Gasteiger partial charge in [0.15, 0.2) is 0 Å². The van der Waals surface area contributed by atoms with Crippen molar-refractivity contribution in [1.29, 1.82) is 0 Å².